The second-order valence-electron chi connectivity index (χ2n) is 5.79. The first-order chi connectivity index (χ1) is 10.2. The summed E-state index contributed by atoms with van der Waals surface area (Å²) in [4.78, 5) is 17.0. The molecule has 3 rings (SSSR count). The van der Waals surface area contributed by atoms with Crippen LogP contribution in [0.25, 0.3) is 11.0 Å². The molecule has 2 atom stereocenters. The van der Waals surface area contributed by atoms with Gasteiger partial charge in [-0.2, -0.15) is 0 Å². The second-order valence-corrected chi connectivity index (χ2v) is 5.79. The van der Waals surface area contributed by atoms with E-state index >= 15 is 0 Å². The minimum atomic E-state index is -0.0863. The van der Waals surface area contributed by atoms with Crippen LogP contribution in [0.2, 0.25) is 0 Å². The van der Waals surface area contributed by atoms with Gasteiger partial charge in [-0.15, -0.1) is 24.8 Å². The molecule has 1 saturated heterocycles. The minimum Gasteiger partial charge on any atom is -0.346 e. The van der Waals surface area contributed by atoms with Gasteiger partial charge >= 0.3 is 0 Å². The number of para-hydroxylation sites is 2. The number of halogens is 2. The highest BCUT2D eigenvalue weighted by molar-refractivity contribution is 5.85. The van der Waals surface area contributed by atoms with Gasteiger partial charge in [-0.05, 0) is 38.4 Å². The van der Waals surface area contributed by atoms with E-state index in [2.05, 4.69) is 20.2 Å². The number of nitrogens with zero attached hydrogens (tertiary/aromatic N) is 2. The predicted octanol–water partition coefficient (Wildman–Crippen LogP) is 2.59. The average Bonchev–Trinajstić information content (AvgIpc) is 2.86. The molecule has 1 aromatic carbocycles. The SMILES string of the molecule is CC(NC(=O)C1CCCNC1)c1nc2ccccc2n1C.Cl.Cl. The summed E-state index contributed by atoms with van der Waals surface area (Å²) < 4.78 is 2.05. The van der Waals surface area contributed by atoms with Crippen molar-refractivity contribution in [1.82, 2.24) is 20.2 Å². The molecular weight excluding hydrogens is 335 g/mol. The third-order valence-electron chi connectivity index (χ3n) is 4.24. The number of rotatable bonds is 3. The van der Waals surface area contributed by atoms with Crippen molar-refractivity contribution >= 4 is 41.8 Å². The lowest BCUT2D eigenvalue weighted by Gasteiger charge is -2.23. The van der Waals surface area contributed by atoms with Crippen LogP contribution in [0, 0.1) is 5.92 Å². The Labute approximate surface area is 149 Å². The number of hydrogen-bond acceptors (Lipinski definition) is 3. The lowest BCUT2D eigenvalue weighted by molar-refractivity contribution is -0.126. The lowest BCUT2D eigenvalue weighted by atomic mass is 9.98. The number of aryl methyl sites for hydroxylation is 1. The Morgan fingerprint density at radius 3 is 2.78 bits per heavy atom. The number of carbonyl (C=O) groups is 1. The van der Waals surface area contributed by atoms with Gasteiger partial charge in [-0.1, -0.05) is 12.1 Å². The molecule has 5 nitrogen and oxygen atoms in total. The average molecular weight is 359 g/mol. The maximum atomic E-state index is 12.3. The van der Waals surface area contributed by atoms with Crippen LogP contribution in [0.3, 0.4) is 0 Å². The van der Waals surface area contributed by atoms with E-state index in [4.69, 9.17) is 0 Å². The third-order valence-corrected chi connectivity index (χ3v) is 4.24. The van der Waals surface area contributed by atoms with Crippen LogP contribution in [0.4, 0.5) is 0 Å². The van der Waals surface area contributed by atoms with Crippen LogP contribution in [-0.4, -0.2) is 28.5 Å². The molecule has 1 amide bonds. The summed E-state index contributed by atoms with van der Waals surface area (Å²) in [5.41, 5.74) is 2.06. The largest absolute Gasteiger partial charge is 0.346 e. The van der Waals surface area contributed by atoms with Gasteiger partial charge in [-0.3, -0.25) is 4.79 Å². The van der Waals surface area contributed by atoms with Crippen LogP contribution in [0.1, 0.15) is 31.6 Å². The van der Waals surface area contributed by atoms with E-state index in [9.17, 15) is 4.79 Å². The Bertz CT molecular complexity index is 653. The van der Waals surface area contributed by atoms with Gasteiger partial charge < -0.3 is 15.2 Å². The van der Waals surface area contributed by atoms with Crippen molar-refractivity contribution in [2.75, 3.05) is 13.1 Å². The fourth-order valence-corrected chi connectivity index (χ4v) is 3.02. The van der Waals surface area contributed by atoms with E-state index in [1.807, 2.05) is 38.2 Å². The fourth-order valence-electron chi connectivity index (χ4n) is 3.02. The molecule has 0 aliphatic carbocycles. The highest BCUT2D eigenvalue weighted by atomic mass is 35.5. The van der Waals surface area contributed by atoms with Crippen molar-refractivity contribution in [3.63, 3.8) is 0 Å². The van der Waals surface area contributed by atoms with Crippen molar-refractivity contribution in [3.8, 4) is 0 Å². The van der Waals surface area contributed by atoms with Crippen molar-refractivity contribution in [1.29, 1.82) is 0 Å². The molecule has 7 heteroatoms. The van der Waals surface area contributed by atoms with Crippen LogP contribution in [-0.2, 0) is 11.8 Å². The van der Waals surface area contributed by atoms with Gasteiger partial charge in [0.15, 0.2) is 0 Å². The standard InChI is InChI=1S/C16H22N4O.2ClH/c1-11(18-16(21)12-6-5-9-17-10-12)15-19-13-7-3-4-8-14(13)20(15)2;;/h3-4,7-8,11-12,17H,5-6,9-10H2,1-2H3,(H,18,21);2*1H. The zero-order chi connectivity index (χ0) is 14.8. The summed E-state index contributed by atoms with van der Waals surface area (Å²) in [5.74, 6) is 1.10. The van der Waals surface area contributed by atoms with Crippen molar-refractivity contribution < 1.29 is 4.79 Å². The Hall–Kier alpha value is -1.30. The smallest absolute Gasteiger partial charge is 0.224 e. The van der Waals surface area contributed by atoms with Crippen molar-refractivity contribution in [2.45, 2.75) is 25.8 Å². The maximum absolute atomic E-state index is 12.3. The second kappa shape index (κ2) is 8.52. The van der Waals surface area contributed by atoms with Crippen LogP contribution in [0.15, 0.2) is 24.3 Å². The Kier molecular flexibility index (Phi) is 7.32. The molecule has 128 valence electrons. The fraction of sp³-hybridized carbons (Fsp3) is 0.500. The zero-order valence-corrected chi connectivity index (χ0v) is 15.0. The number of amides is 1. The number of nitrogens with one attached hydrogen (secondary N) is 2. The first kappa shape index (κ1) is 19.7. The van der Waals surface area contributed by atoms with Crippen LogP contribution < -0.4 is 10.6 Å². The number of hydrogen-bond donors (Lipinski definition) is 2. The van der Waals surface area contributed by atoms with E-state index in [1.54, 1.807) is 0 Å². The molecule has 2 unspecified atom stereocenters. The summed E-state index contributed by atoms with van der Waals surface area (Å²) >= 11 is 0. The molecule has 1 aromatic heterocycles. The number of imidazole rings is 1. The van der Waals surface area contributed by atoms with E-state index in [0.717, 1.165) is 42.8 Å². The van der Waals surface area contributed by atoms with Crippen LogP contribution in [0.5, 0.6) is 0 Å². The first-order valence-corrected chi connectivity index (χ1v) is 7.59. The molecule has 1 fully saturated rings. The van der Waals surface area contributed by atoms with Gasteiger partial charge in [0.25, 0.3) is 0 Å². The molecule has 2 heterocycles. The summed E-state index contributed by atoms with van der Waals surface area (Å²) in [7, 11) is 2.00. The summed E-state index contributed by atoms with van der Waals surface area (Å²) in [6.07, 6.45) is 2.03. The van der Waals surface area contributed by atoms with E-state index < -0.39 is 0 Å². The quantitative estimate of drug-likeness (QED) is 0.886. The molecule has 2 N–H and O–H groups in total. The van der Waals surface area contributed by atoms with Gasteiger partial charge in [0.2, 0.25) is 5.91 Å². The van der Waals surface area contributed by atoms with Crippen molar-refractivity contribution in [2.24, 2.45) is 13.0 Å². The summed E-state index contributed by atoms with van der Waals surface area (Å²) in [6.45, 7) is 3.79. The number of benzene rings is 1. The molecule has 23 heavy (non-hydrogen) atoms. The number of aromatic nitrogens is 2. The molecule has 0 bridgehead atoms. The maximum Gasteiger partial charge on any atom is 0.224 e. The van der Waals surface area contributed by atoms with Crippen LogP contribution >= 0.6 is 24.8 Å². The van der Waals surface area contributed by atoms with E-state index in [-0.39, 0.29) is 42.7 Å². The minimum absolute atomic E-state index is 0. The molecule has 0 spiro atoms. The molecular formula is C16H24Cl2N4O. The molecule has 0 radical (unpaired) electrons. The predicted molar refractivity (Wildman–Crippen MR) is 97.4 cm³/mol. The molecule has 0 saturated carbocycles. The summed E-state index contributed by atoms with van der Waals surface area (Å²) in [6, 6.07) is 7.95. The van der Waals surface area contributed by atoms with E-state index in [1.165, 1.54) is 0 Å². The molecule has 1 aliphatic heterocycles. The number of carbonyl (C=O) groups excluding carboxylic acids is 1. The number of piperidine rings is 1. The highest BCUT2D eigenvalue weighted by Gasteiger charge is 2.24. The van der Waals surface area contributed by atoms with Gasteiger partial charge in [0.05, 0.1) is 23.0 Å². The van der Waals surface area contributed by atoms with Gasteiger partial charge in [0, 0.05) is 13.6 Å². The highest BCUT2D eigenvalue weighted by Crippen LogP contribution is 2.20. The monoisotopic (exact) mass is 358 g/mol. The summed E-state index contributed by atoms with van der Waals surface area (Å²) in [5, 5.41) is 6.39. The normalized spacial score (nSPS) is 18.6. The Morgan fingerprint density at radius 1 is 1.39 bits per heavy atom. The molecule has 2 aromatic rings. The third kappa shape index (κ3) is 4.16. The Morgan fingerprint density at radius 2 is 2.13 bits per heavy atom. The van der Waals surface area contributed by atoms with E-state index in [0.29, 0.717) is 0 Å². The number of fused-ring (bicyclic) bond motifs is 1. The zero-order valence-electron chi connectivity index (χ0n) is 13.4. The topological polar surface area (TPSA) is 59.0 Å². The van der Waals surface area contributed by atoms with Gasteiger partial charge in [-0.25, -0.2) is 4.98 Å². The Balaban J connectivity index is 0.00000132. The first-order valence-electron chi connectivity index (χ1n) is 7.59. The van der Waals surface area contributed by atoms with Crippen molar-refractivity contribution in [3.05, 3.63) is 30.1 Å². The lowest BCUT2D eigenvalue weighted by Crippen LogP contribution is -2.41. The van der Waals surface area contributed by atoms with Gasteiger partial charge in [0.1, 0.15) is 5.82 Å². The molecule has 1 aliphatic rings.